The molecule has 0 saturated carbocycles. The number of carbonyl (C=O) groups is 2. The average molecular weight is 493 g/mol. The summed E-state index contributed by atoms with van der Waals surface area (Å²) >= 11 is 23.9. The molecule has 1 saturated heterocycles. The second-order valence-electron chi connectivity index (χ2n) is 6.89. The number of aromatic nitrogens is 1. The molecule has 2 aromatic rings. The van der Waals surface area contributed by atoms with Crippen LogP contribution in [0.4, 0.5) is 4.39 Å². The predicted octanol–water partition coefficient (Wildman–Crippen LogP) is 5.05. The number of pyridine rings is 1. The number of nitrogens with zero attached hydrogens (tertiary/aromatic N) is 2. The lowest BCUT2D eigenvalue weighted by Crippen LogP contribution is -2.43. The Kier molecular flexibility index (Phi) is 7.80. The van der Waals surface area contributed by atoms with Gasteiger partial charge in [-0.2, -0.15) is 0 Å². The Labute approximate surface area is 193 Å². The molecule has 2 heterocycles. The summed E-state index contributed by atoms with van der Waals surface area (Å²) in [6, 6.07) is 6.47. The summed E-state index contributed by atoms with van der Waals surface area (Å²) < 4.78 is 13.6. The van der Waals surface area contributed by atoms with E-state index in [4.69, 9.17) is 46.4 Å². The standard InChI is InChI=1S/C20H18Cl4FN3O2/c21-14-15(22)17(27-18(24)16(14)23)20(30)28-9-6-12(7-10-28)19(29)26-8-5-11-3-1-2-4-13(11)25/h1-4,12H,5-10H2,(H,26,29). The molecule has 1 aromatic heterocycles. The first-order chi connectivity index (χ1) is 14.3. The minimum Gasteiger partial charge on any atom is -0.356 e. The van der Waals surface area contributed by atoms with Crippen LogP contribution in [0, 0.1) is 11.7 Å². The smallest absolute Gasteiger partial charge is 0.274 e. The third-order valence-corrected chi connectivity index (χ3v) is 6.67. The van der Waals surface area contributed by atoms with Crippen LogP contribution >= 0.6 is 46.4 Å². The van der Waals surface area contributed by atoms with Crippen molar-refractivity contribution in [3.8, 4) is 0 Å². The molecule has 1 aliphatic heterocycles. The SMILES string of the molecule is O=C(NCCc1ccccc1F)C1CCN(C(=O)c2nc(Cl)c(Cl)c(Cl)c2Cl)CC1. The number of amides is 2. The summed E-state index contributed by atoms with van der Waals surface area (Å²) in [7, 11) is 0. The summed E-state index contributed by atoms with van der Waals surface area (Å²) in [5, 5.41) is 2.66. The van der Waals surface area contributed by atoms with Gasteiger partial charge in [0.15, 0.2) is 0 Å². The van der Waals surface area contributed by atoms with Crippen molar-refractivity contribution in [3.05, 3.63) is 61.6 Å². The summed E-state index contributed by atoms with van der Waals surface area (Å²) in [5.74, 6) is -1.03. The zero-order valence-electron chi connectivity index (χ0n) is 15.7. The zero-order valence-corrected chi connectivity index (χ0v) is 18.8. The van der Waals surface area contributed by atoms with Crippen molar-refractivity contribution < 1.29 is 14.0 Å². The average Bonchev–Trinajstić information content (AvgIpc) is 2.75. The fourth-order valence-corrected chi connectivity index (χ4v) is 4.10. The van der Waals surface area contributed by atoms with Gasteiger partial charge in [0.2, 0.25) is 5.91 Å². The number of halogens is 5. The van der Waals surface area contributed by atoms with Gasteiger partial charge in [0.25, 0.3) is 5.91 Å². The van der Waals surface area contributed by atoms with Crippen molar-refractivity contribution in [2.24, 2.45) is 5.92 Å². The van der Waals surface area contributed by atoms with E-state index < -0.39 is 5.91 Å². The van der Waals surface area contributed by atoms with E-state index in [-0.39, 0.29) is 43.6 Å². The number of likely N-dealkylation sites (tertiary alicyclic amines) is 1. The molecule has 0 unspecified atom stereocenters. The largest absolute Gasteiger partial charge is 0.356 e. The van der Waals surface area contributed by atoms with Gasteiger partial charge >= 0.3 is 0 Å². The molecule has 10 heteroatoms. The Bertz CT molecular complexity index is 965. The predicted molar refractivity (Wildman–Crippen MR) is 116 cm³/mol. The van der Waals surface area contributed by atoms with Gasteiger partial charge in [0, 0.05) is 25.6 Å². The van der Waals surface area contributed by atoms with Crippen LogP contribution in [0.15, 0.2) is 24.3 Å². The quantitative estimate of drug-likeness (QED) is 0.594. The molecule has 30 heavy (non-hydrogen) atoms. The first-order valence-electron chi connectivity index (χ1n) is 9.30. The molecule has 1 N–H and O–H groups in total. The lowest BCUT2D eigenvalue weighted by molar-refractivity contribution is -0.126. The van der Waals surface area contributed by atoms with Gasteiger partial charge in [-0.15, -0.1) is 0 Å². The highest BCUT2D eigenvalue weighted by atomic mass is 35.5. The molecule has 0 atom stereocenters. The van der Waals surface area contributed by atoms with Crippen LogP contribution in [0.2, 0.25) is 20.2 Å². The van der Waals surface area contributed by atoms with Gasteiger partial charge < -0.3 is 10.2 Å². The minimum atomic E-state index is -0.418. The van der Waals surface area contributed by atoms with Crippen LogP contribution < -0.4 is 5.32 Å². The van der Waals surface area contributed by atoms with Crippen molar-refractivity contribution in [2.45, 2.75) is 19.3 Å². The van der Waals surface area contributed by atoms with Crippen LogP contribution in [-0.2, 0) is 11.2 Å². The number of carbonyl (C=O) groups excluding carboxylic acids is 2. The van der Waals surface area contributed by atoms with Gasteiger partial charge in [0.1, 0.15) is 16.7 Å². The van der Waals surface area contributed by atoms with Gasteiger partial charge in [0.05, 0.1) is 15.1 Å². The summed E-state index contributed by atoms with van der Waals surface area (Å²) in [6.07, 6.45) is 1.39. The Morgan fingerprint density at radius 2 is 1.73 bits per heavy atom. The summed E-state index contributed by atoms with van der Waals surface area (Å²) in [4.78, 5) is 30.7. The highest BCUT2D eigenvalue weighted by Crippen LogP contribution is 2.36. The maximum absolute atomic E-state index is 13.6. The van der Waals surface area contributed by atoms with E-state index >= 15 is 0 Å². The first kappa shape index (κ1) is 23.1. The maximum Gasteiger partial charge on any atom is 0.274 e. The van der Waals surface area contributed by atoms with Crippen molar-refractivity contribution >= 4 is 58.2 Å². The van der Waals surface area contributed by atoms with Crippen molar-refractivity contribution in [1.82, 2.24) is 15.2 Å². The minimum absolute atomic E-state index is 0.00866. The summed E-state index contributed by atoms with van der Waals surface area (Å²) in [6.45, 7) is 1.07. The normalized spacial score (nSPS) is 14.6. The van der Waals surface area contributed by atoms with Crippen LogP contribution in [-0.4, -0.2) is 41.3 Å². The molecule has 0 bridgehead atoms. The molecule has 1 fully saturated rings. The third kappa shape index (κ3) is 5.17. The lowest BCUT2D eigenvalue weighted by Gasteiger charge is -2.31. The van der Waals surface area contributed by atoms with Crippen molar-refractivity contribution in [1.29, 1.82) is 0 Å². The van der Waals surface area contributed by atoms with Crippen molar-refractivity contribution in [3.63, 3.8) is 0 Å². The molecule has 1 aromatic carbocycles. The van der Waals surface area contributed by atoms with Gasteiger partial charge in [-0.25, -0.2) is 9.37 Å². The Balaban J connectivity index is 1.52. The Hall–Kier alpha value is -1.60. The monoisotopic (exact) mass is 491 g/mol. The van der Waals surface area contributed by atoms with E-state index in [1.54, 1.807) is 23.1 Å². The van der Waals surface area contributed by atoms with Crippen molar-refractivity contribution in [2.75, 3.05) is 19.6 Å². The number of rotatable bonds is 5. The fourth-order valence-electron chi connectivity index (χ4n) is 3.29. The molecule has 0 aliphatic carbocycles. The molecule has 0 spiro atoms. The molecular formula is C20H18Cl4FN3O2. The number of benzene rings is 1. The Morgan fingerprint density at radius 1 is 1.07 bits per heavy atom. The summed E-state index contributed by atoms with van der Waals surface area (Å²) in [5.41, 5.74) is 0.492. The van der Waals surface area contributed by atoms with Crippen LogP contribution in [0.3, 0.4) is 0 Å². The number of nitrogens with one attached hydrogen (secondary N) is 1. The highest BCUT2D eigenvalue weighted by molar-refractivity contribution is 6.52. The molecular weight excluding hydrogens is 475 g/mol. The Morgan fingerprint density at radius 3 is 2.40 bits per heavy atom. The first-order valence-corrected chi connectivity index (χ1v) is 10.8. The van der Waals surface area contributed by atoms with Gasteiger partial charge in [-0.05, 0) is 30.9 Å². The third-order valence-electron chi connectivity index (χ3n) is 4.99. The van der Waals surface area contributed by atoms with E-state index in [2.05, 4.69) is 10.3 Å². The van der Waals surface area contributed by atoms with E-state index in [1.165, 1.54) is 6.07 Å². The maximum atomic E-state index is 13.6. The molecule has 160 valence electrons. The molecule has 5 nitrogen and oxygen atoms in total. The number of hydrogen-bond acceptors (Lipinski definition) is 3. The van der Waals surface area contributed by atoms with E-state index in [1.807, 2.05) is 0 Å². The second-order valence-corrected chi connectivity index (χ2v) is 8.38. The number of piperidine rings is 1. The highest BCUT2D eigenvalue weighted by Gasteiger charge is 2.30. The van der Waals surface area contributed by atoms with Crippen LogP contribution in [0.25, 0.3) is 0 Å². The number of hydrogen-bond donors (Lipinski definition) is 1. The van der Waals surface area contributed by atoms with E-state index in [9.17, 15) is 14.0 Å². The topological polar surface area (TPSA) is 62.3 Å². The van der Waals surface area contributed by atoms with E-state index in [0.29, 0.717) is 44.5 Å². The van der Waals surface area contributed by atoms with Gasteiger partial charge in [-0.1, -0.05) is 64.6 Å². The van der Waals surface area contributed by atoms with Crippen LogP contribution in [0.5, 0.6) is 0 Å². The molecule has 1 aliphatic rings. The van der Waals surface area contributed by atoms with Gasteiger partial charge in [-0.3, -0.25) is 9.59 Å². The fraction of sp³-hybridized carbons (Fsp3) is 0.350. The lowest BCUT2D eigenvalue weighted by atomic mass is 9.95. The zero-order chi connectivity index (χ0) is 21.8. The molecule has 3 rings (SSSR count). The van der Waals surface area contributed by atoms with E-state index in [0.717, 1.165) is 0 Å². The molecule has 2 amide bonds. The molecule has 0 radical (unpaired) electrons. The van der Waals surface area contributed by atoms with Crippen LogP contribution in [0.1, 0.15) is 28.9 Å². The second kappa shape index (κ2) is 10.1.